The Labute approximate surface area is 67.7 Å². The monoisotopic (exact) mass is 162 g/mol. The number of hydrogen-bond acceptors (Lipinski definition) is 1. The second-order valence-electron chi connectivity index (χ2n) is 3.08. The van der Waals surface area contributed by atoms with Crippen molar-refractivity contribution in [1.29, 1.82) is 0 Å². The van der Waals surface area contributed by atoms with Gasteiger partial charge >= 0.3 is 0 Å². The number of rotatable bonds is 2. The molecule has 2 unspecified atom stereocenters. The van der Waals surface area contributed by atoms with E-state index in [0.29, 0.717) is 18.1 Å². The number of hydrogen-bond donors (Lipinski definition) is 0. The Bertz CT molecular complexity index is 93.3. The summed E-state index contributed by atoms with van der Waals surface area (Å²) in [6, 6.07) is 0.356. The predicted molar refractivity (Wildman–Crippen MR) is 43.2 cm³/mol. The van der Waals surface area contributed by atoms with Crippen LogP contribution in [0.4, 0.5) is 0 Å². The molecule has 0 aromatic heterocycles. The lowest BCUT2D eigenvalue weighted by Gasteiger charge is -2.27. The molecule has 2 heteroatoms. The van der Waals surface area contributed by atoms with Crippen molar-refractivity contribution in [3.8, 4) is 0 Å². The van der Waals surface area contributed by atoms with Crippen molar-refractivity contribution in [3.05, 3.63) is 0 Å². The van der Waals surface area contributed by atoms with Crippen LogP contribution in [-0.4, -0.2) is 12.2 Å². The van der Waals surface area contributed by atoms with E-state index in [0.717, 1.165) is 0 Å². The quantitative estimate of drug-likeness (QED) is 0.568. The van der Waals surface area contributed by atoms with E-state index in [1.165, 1.54) is 25.7 Å². The number of alkyl halides is 1. The molecule has 1 rings (SSSR count). The van der Waals surface area contributed by atoms with Gasteiger partial charge in [-0.05, 0) is 18.8 Å². The van der Waals surface area contributed by atoms with Gasteiger partial charge in [-0.15, -0.1) is 0 Å². The van der Waals surface area contributed by atoms with Crippen LogP contribution in [0, 0.1) is 5.92 Å². The molecule has 1 fully saturated rings. The van der Waals surface area contributed by atoms with E-state index < -0.39 is 0 Å². The molecule has 0 saturated heterocycles. The lowest BCUT2D eigenvalue weighted by Crippen LogP contribution is -2.24. The maximum Gasteiger partial charge on any atom is 0.121 e. The van der Waals surface area contributed by atoms with E-state index >= 15 is 0 Å². The van der Waals surface area contributed by atoms with Gasteiger partial charge in [0.15, 0.2) is 0 Å². The Kier molecular flexibility index (Phi) is 3.50. The first-order valence-corrected chi connectivity index (χ1v) is 4.55. The summed E-state index contributed by atoms with van der Waals surface area (Å²) in [4.78, 5) is 0. The fourth-order valence-corrected chi connectivity index (χ4v) is 1.77. The summed E-state index contributed by atoms with van der Waals surface area (Å²) in [5, 5.41) is 0. The zero-order valence-electron chi connectivity index (χ0n) is 6.48. The van der Waals surface area contributed by atoms with Crippen LogP contribution in [0.1, 0.15) is 32.6 Å². The van der Waals surface area contributed by atoms with Crippen LogP contribution in [-0.2, 0) is 4.74 Å². The third kappa shape index (κ3) is 2.14. The van der Waals surface area contributed by atoms with E-state index in [-0.39, 0.29) is 0 Å². The predicted octanol–water partition coefficient (Wildman–Crippen LogP) is 2.78. The van der Waals surface area contributed by atoms with Crippen molar-refractivity contribution in [2.75, 3.05) is 6.07 Å². The first kappa shape index (κ1) is 8.35. The van der Waals surface area contributed by atoms with Gasteiger partial charge in [0.1, 0.15) is 6.07 Å². The molecule has 1 nitrogen and oxygen atoms in total. The van der Waals surface area contributed by atoms with Gasteiger partial charge in [-0.1, -0.05) is 31.4 Å². The minimum Gasteiger partial charge on any atom is -0.362 e. The Morgan fingerprint density at radius 2 is 2.10 bits per heavy atom. The summed E-state index contributed by atoms with van der Waals surface area (Å²) in [5.41, 5.74) is 0. The summed E-state index contributed by atoms with van der Waals surface area (Å²) in [7, 11) is 0. The topological polar surface area (TPSA) is 9.23 Å². The van der Waals surface area contributed by atoms with Gasteiger partial charge in [-0.3, -0.25) is 0 Å². The lowest BCUT2D eigenvalue weighted by atomic mass is 9.88. The average Bonchev–Trinajstić information content (AvgIpc) is 1.94. The normalized spacial score (nSPS) is 34.2. The van der Waals surface area contributed by atoms with Gasteiger partial charge in [0, 0.05) is 0 Å². The van der Waals surface area contributed by atoms with E-state index in [2.05, 4.69) is 6.92 Å². The summed E-state index contributed by atoms with van der Waals surface area (Å²) >= 11 is 5.48. The minimum atomic E-state index is 0.356. The molecular formula is C8H15ClO. The lowest BCUT2D eigenvalue weighted by molar-refractivity contribution is 0.0197. The van der Waals surface area contributed by atoms with Gasteiger partial charge in [-0.2, -0.15) is 0 Å². The summed E-state index contributed by atoms with van der Waals surface area (Å²) in [5.74, 6) is 0.715. The molecule has 60 valence electrons. The van der Waals surface area contributed by atoms with Crippen LogP contribution in [0.2, 0.25) is 0 Å². The second kappa shape index (κ2) is 4.20. The van der Waals surface area contributed by atoms with Crippen molar-refractivity contribution < 1.29 is 4.74 Å². The Morgan fingerprint density at radius 1 is 1.40 bits per heavy atom. The number of halogens is 1. The van der Waals surface area contributed by atoms with Crippen molar-refractivity contribution in [2.45, 2.75) is 38.7 Å². The van der Waals surface area contributed by atoms with Crippen LogP contribution >= 0.6 is 11.6 Å². The van der Waals surface area contributed by atoms with Gasteiger partial charge < -0.3 is 4.74 Å². The second-order valence-corrected chi connectivity index (χ2v) is 3.29. The standard InChI is InChI=1S/C8H15ClO/c1-7-4-2-3-5-8(7)10-6-9/h7-8H,2-6H2,1H3. The third-order valence-corrected chi connectivity index (χ3v) is 2.44. The van der Waals surface area contributed by atoms with Crippen LogP contribution in [0.15, 0.2) is 0 Å². The van der Waals surface area contributed by atoms with E-state index in [1.54, 1.807) is 0 Å². The van der Waals surface area contributed by atoms with Crippen LogP contribution in [0.3, 0.4) is 0 Å². The largest absolute Gasteiger partial charge is 0.362 e. The smallest absolute Gasteiger partial charge is 0.121 e. The highest BCUT2D eigenvalue weighted by Crippen LogP contribution is 2.26. The van der Waals surface area contributed by atoms with Crippen LogP contribution in [0.5, 0.6) is 0 Å². The highest BCUT2D eigenvalue weighted by Gasteiger charge is 2.20. The number of ether oxygens (including phenoxy) is 1. The van der Waals surface area contributed by atoms with Crippen molar-refractivity contribution in [2.24, 2.45) is 5.92 Å². The molecule has 1 aliphatic carbocycles. The molecule has 0 aromatic rings. The summed E-state index contributed by atoms with van der Waals surface area (Å²) < 4.78 is 5.36. The molecule has 0 amide bonds. The molecule has 0 spiro atoms. The zero-order chi connectivity index (χ0) is 7.40. The van der Waals surface area contributed by atoms with Gasteiger partial charge in [-0.25, -0.2) is 0 Å². The average molecular weight is 163 g/mol. The molecule has 2 atom stereocenters. The molecule has 0 N–H and O–H groups in total. The first-order chi connectivity index (χ1) is 4.84. The molecule has 0 heterocycles. The Hall–Kier alpha value is 0.250. The van der Waals surface area contributed by atoms with Crippen molar-refractivity contribution in [3.63, 3.8) is 0 Å². The molecule has 10 heavy (non-hydrogen) atoms. The van der Waals surface area contributed by atoms with Crippen LogP contribution in [0.25, 0.3) is 0 Å². The maximum absolute atomic E-state index is 5.48. The van der Waals surface area contributed by atoms with E-state index in [9.17, 15) is 0 Å². The first-order valence-electron chi connectivity index (χ1n) is 4.02. The van der Waals surface area contributed by atoms with E-state index in [1.807, 2.05) is 0 Å². The van der Waals surface area contributed by atoms with Gasteiger partial charge in [0.2, 0.25) is 0 Å². The SMILES string of the molecule is CC1CCCCC1OCCl. The fourth-order valence-electron chi connectivity index (χ4n) is 1.61. The van der Waals surface area contributed by atoms with Crippen molar-refractivity contribution >= 4 is 11.6 Å². The Morgan fingerprint density at radius 3 is 2.70 bits per heavy atom. The molecule has 1 aliphatic rings. The third-order valence-electron chi connectivity index (χ3n) is 2.31. The summed E-state index contributed by atoms with van der Waals surface area (Å²) in [6.07, 6.45) is 5.62. The van der Waals surface area contributed by atoms with E-state index in [4.69, 9.17) is 16.3 Å². The summed E-state index contributed by atoms with van der Waals surface area (Å²) in [6.45, 7) is 2.25. The van der Waals surface area contributed by atoms with Crippen LogP contribution < -0.4 is 0 Å². The fraction of sp³-hybridized carbons (Fsp3) is 1.00. The highest BCUT2D eigenvalue weighted by molar-refractivity contribution is 6.17. The molecule has 1 saturated carbocycles. The molecule has 0 radical (unpaired) electrons. The minimum absolute atomic E-state index is 0.356. The zero-order valence-corrected chi connectivity index (χ0v) is 7.23. The highest BCUT2D eigenvalue weighted by atomic mass is 35.5. The van der Waals surface area contributed by atoms with Gasteiger partial charge in [0.25, 0.3) is 0 Å². The maximum atomic E-state index is 5.48. The Balaban J connectivity index is 2.25. The van der Waals surface area contributed by atoms with Crippen molar-refractivity contribution in [1.82, 2.24) is 0 Å². The molecule has 0 aliphatic heterocycles. The molecule has 0 aromatic carbocycles. The molecule has 0 bridgehead atoms. The van der Waals surface area contributed by atoms with Gasteiger partial charge in [0.05, 0.1) is 6.10 Å². The molecular weight excluding hydrogens is 148 g/mol.